The standard InChI is InChI=1S/C68H45N/c1-3-17-46(18-4-1)49-33-39-54(40-34-49)69(55-41-35-50(36-42-55)47-19-5-2-6-20-47)56-43-37-51(38-44-56)65-57-23-9-13-27-61(57)67(62-28-14-10-24-58(62)65)68-63-29-15-11-25-59(63)66(60-26-12-16-30-64(60)68)53-32-31-48-21-7-8-22-52(48)45-53/h1-45H. The Morgan fingerprint density at radius 2 is 0.449 bits per heavy atom. The van der Waals surface area contributed by atoms with Crippen molar-refractivity contribution in [2.75, 3.05) is 4.90 Å². The molecule has 0 spiro atoms. The van der Waals surface area contributed by atoms with Gasteiger partial charge >= 0.3 is 0 Å². The van der Waals surface area contributed by atoms with Gasteiger partial charge in [-0.2, -0.15) is 0 Å². The molecule has 322 valence electrons. The van der Waals surface area contributed by atoms with Crippen LogP contribution < -0.4 is 4.90 Å². The molecule has 0 amide bonds. The number of nitrogens with zero attached hydrogens (tertiary/aromatic N) is 1. The molecule has 0 radical (unpaired) electrons. The Kier molecular flexibility index (Phi) is 9.91. The number of rotatable bonds is 8. The van der Waals surface area contributed by atoms with E-state index in [2.05, 4.69) is 278 Å². The molecule has 0 saturated heterocycles. The molecule has 0 fully saturated rings. The Bertz CT molecular complexity index is 3830. The van der Waals surface area contributed by atoms with Crippen LogP contribution in [0.4, 0.5) is 17.1 Å². The SMILES string of the molecule is c1ccc(-c2ccc(N(c3ccc(-c4ccccc4)cc3)c3ccc(-c4c5ccccc5c(-c5c6ccccc6c(-c6ccc7ccccc7c6)c6ccccc56)c5ccccc45)cc3)cc2)cc1. The van der Waals surface area contributed by atoms with Crippen LogP contribution >= 0.6 is 0 Å². The van der Waals surface area contributed by atoms with Gasteiger partial charge in [-0.3, -0.25) is 0 Å². The van der Waals surface area contributed by atoms with Crippen LogP contribution in [0.2, 0.25) is 0 Å². The molecule has 0 atom stereocenters. The topological polar surface area (TPSA) is 3.24 Å². The summed E-state index contributed by atoms with van der Waals surface area (Å²) in [6.07, 6.45) is 0. The third-order valence-corrected chi connectivity index (χ3v) is 14.0. The minimum Gasteiger partial charge on any atom is -0.311 e. The van der Waals surface area contributed by atoms with Crippen LogP contribution in [0.1, 0.15) is 0 Å². The van der Waals surface area contributed by atoms with Crippen LogP contribution in [0.5, 0.6) is 0 Å². The summed E-state index contributed by atoms with van der Waals surface area (Å²) in [5.41, 5.74) is 15.5. The lowest BCUT2D eigenvalue weighted by Gasteiger charge is -2.26. The van der Waals surface area contributed by atoms with E-state index in [1.807, 2.05) is 0 Å². The molecule has 0 N–H and O–H groups in total. The Morgan fingerprint density at radius 3 is 0.841 bits per heavy atom. The van der Waals surface area contributed by atoms with E-state index in [0.29, 0.717) is 0 Å². The molecule has 13 aromatic rings. The van der Waals surface area contributed by atoms with Crippen LogP contribution in [0.3, 0.4) is 0 Å². The second kappa shape index (κ2) is 17.0. The number of hydrogen-bond acceptors (Lipinski definition) is 1. The van der Waals surface area contributed by atoms with Crippen molar-refractivity contribution in [1.29, 1.82) is 0 Å². The average Bonchev–Trinajstić information content (AvgIpc) is 3.43. The molecule has 13 rings (SSSR count). The fourth-order valence-electron chi connectivity index (χ4n) is 10.9. The van der Waals surface area contributed by atoms with Crippen molar-refractivity contribution >= 4 is 70.9 Å². The highest BCUT2D eigenvalue weighted by Gasteiger charge is 2.23. The summed E-state index contributed by atoms with van der Waals surface area (Å²) < 4.78 is 0. The lowest BCUT2D eigenvalue weighted by molar-refractivity contribution is 1.28. The highest BCUT2D eigenvalue weighted by molar-refractivity contribution is 6.30. The van der Waals surface area contributed by atoms with Crippen LogP contribution in [-0.4, -0.2) is 0 Å². The maximum absolute atomic E-state index is 2.37. The molecule has 0 bridgehead atoms. The summed E-state index contributed by atoms with van der Waals surface area (Å²) in [6, 6.07) is 100.0. The Hall–Kier alpha value is -9.04. The molecular weight excluding hydrogens is 831 g/mol. The Balaban J connectivity index is 0.978. The van der Waals surface area contributed by atoms with E-state index < -0.39 is 0 Å². The van der Waals surface area contributed by atoms with Gasteiger partial charge in [0, 0.05) is 17.1 Å². The van der Waals surface area contributed by atoms with Crippen molar-refractivity contribution < 1.29 is 0 Å². The van der Waals surface area contributed by atoms with E-state index in [0.717, 1.165) is 17.1 Å². The first-order valence-corrected chi connectivity index (χ1v) is 23.8. The van der Waals surface area contributed by atoms with Crippen molar-refractivity contribution in [1.82, 2.24) is 0 Å². The van der Waals surface area contributed by atoms with E-state index >= 15 is 0 Å². The molecular formula is C68H45N. The maximum Gasteiger partial charge on any atom is 0.0462 e. The van der Waals surface area contributed by atoms with Crippen molar-refractivity contribution in [3.05, 3.63) is 273 Å². The van der Waals surface area contributed by atoms with Crippen molar-refractivity contribution in [2.45, 2.75) is 0 Å². The number of fused-ring (bicyclic) bond motifs is 5. The highest BCUT2D eigenvalue weighted by Crippen LogP contribution is 2.50. The summed E-state index contributed by atoms with van der Waals surface area (Å²) in [6.45, 7) is 0. The third-order valence-electron chi connectivity index (χ3n) is 14.0. The summed E-state index contributed by atoms with van der Waals surface area (Å²) in [5.74, 6) is 0. The molecule has 0 aliphatic heterocycles. The molecule has 0 aliphatic rings. The quantitative estimate of drug-likeness (QED) is 0.138. The second-order valence-electron chi connectivity index (χ2n) is 18.0. The van der Waals surface area contributed by atoms with Crippen LogP contribution in [-0.2, 0) is 0 Å². The Morgan fingerprint density at radius 1 is 0.174 bits per heavy atom. The van der Waals surface area contributed by atoms with Gasteiger partial charge in [-0.1, -0.05) is 231 Å². The molecule has 0 aromatic heterocycles. The third kappa shape index (κ3) is 7.03. The maximum atomic E-state index is 2.37. The van der Waals surface area contributed by atoms with E-state index in [-0.39, 0.29) is 0 Å². The largest absolute Gasteiger partial charge is 0.311 e. The van der Waals surface area contributed by atoms with Gasteiger partial charge in [0.15, 0.2) is 0 Å². The number of anilines is 3. The normalized spacial score (nSPS) is 11.5. The highest BCUT2D eigenvalue weighted by atomic mass is 15.1. The molecule has 0 unspecified atom stereocenters. The van der Waals surface area contributed by atoms with Gasteiger partial charge in [0.1, 0.15) is 0 Å². The molecule has 0 aliphatic carbocycles. The van der Waals surface area contributed by atoms with E-state index in [1.165, 1.54) is 109 Å². The molecule has 1 heteroatoms. The van der Waals surface area contributed by atoms with Gasteiger partial charge in [-0.25, -0.2) is 0 Å². The summed E-state index contributed by atoms with van der Waals surface area (Å²) in [7, 11) is 0. The predicted molar refractivity (Wildman–Crippen MR) is 296 cm³/mol. The summed E-state index contributed by atoms with van der Waals surface area (Å²) in [4.78, 5) is 2.37. The van der Waals surface area contributed by atoms with Crippen molar-refractivity contribution in [3.63, 3.8) is 0 Å². The van der Waals surface area contributed by atoms with Crippen molar-refractivity contribution in [2.24, 2.45) is 0 Å². The van der Waals surface area contributed by atoms with Gasteiger partial charge in [-0.05, 0) is 152 Å². The zero-order valence-corrected chi connectivity index (χ0v) is 37.9. The first kappa shape index (κ1) is 40.3. The fraction of sp³-hybridized carbons (Fsp3) is 0. The minimum atomic E-state index is 1.09. The van der Waals surface area contributed by atoms with Gasteiger partial charge in [-0.15, -0.1) is 0 Å². The first-order valence-electron chi connectivity index (χ1n) is 23.8. The van der Waals surface area contributed by atoms with E-state index in [9.17, 15) is 0 Å². The lowest BCUT2D eigenvalue weighted by Crippen LogP contribution is -2.09. The predicted octanol–water partition coefficient (Wildman–Crippen LogP) is 19.3. The summed E-state index contributed by atoms with van der Waals surface area (Å²) >= 11 is 0. The van der Waals surface area contributed by atoms with E-state index in [1.54, 1.807) is 0 Å². The fourth-order valence-corrected chi connectivity index (χ4v) is 10.9. The van der Waals surface area contributed by atoms with Crippen LogP contribution in [0.25, 0.3) is 109 Å². The zero-order chi connectivity index (χ0) is 45.7. The van der Waals surface area contributed by atoms with E-state index in [4.69, 9.17) is 0 Å². The summed E-state index contributed by atoms with van der Waals surface area (Å²) in [5, 5.41) is 12.4. The lowest BCUT2D eigenvalue weighted by atomic mass is 9.81. The minimum absolute atomic E-state index is 1.09. The Labute approximate surface area is 402 Å². The van der Waals surface area contributed by atoms with Gasteiger partial charge in [0.05, 0.1) is 0 Å². The molecule has 0 heterocycles. The van der Waals surface area contributed by atoms with Crippen LogP contribution in [0, 0.1) is 0 Å². The first-order chi connectivity index (χ1) is 34.2. The molecule has 1 nitrogen and oxygen atoms in total. The van der Waals surface area contributed by atoms with Gasteiger partial charge in [0.25, 0.3) is 0 Å². The second-order valence-corrected chi connectivity index (χ2v) is 18.0. The van der Waals surface area contributed by atoms with Gasteiger partial charge in [0.2, 0.25) is 0 Å². The average molecular weight is 876 g/mol. The van der Waals surface area contributed by atoms with Crippen molar-refractivity contribution in [3.8, 4) is 55.6 Å². The van der Waals surface area contributed by atoms with Gasteiger partial charge < -0.3 is 4.90 Å². The zero-order valence-electron chi connectivity index (χ0n) is 37.9. The molecule has 13 aromatic carbocycles. The monoisotopic (exact) mass is 875 g/mol. The van der Waals surface area contributed by atoms with Crippen LogP contribution in [0.15, 0.2) is 273 Å². The number of benzene rings is 13. The molecule has 0 saturated carbocycles. The smallest absolute Gasteiger partial charge is 0.0462 e. The molecule has 69 heavy (non-hydrogen) atoms. The number of hydrogen-bond donors (Lipinski definition) is 0.